The number of hydrogen-bond acceptors (Lipinski definition) is 3. The largest absolute Gasteiger partial charge is 0.490 e. The summed E-state index contributed by atoms with van der Waals surface area (Å²) < 4.78 is 46.2. The van der Waals surface area contributed by atoms with Gasteiger partial charge in [-0.1, -0.05) is 22.4 Å². The summed E-state index contributed by atoms with van der Waals surface area (Å²) >= 11 is 0. The molecular formula is C15H21F3O3S. The number of hydrogen-bond donors (Lipinski definition) is 0. The van der Waals surface area contributed by atoms with Crippen molar-refractivity contribution in [1.29, 1.82) is 0 Å². The molecule has 0 aliphatic rings. The molecule has 0 atom stereocenters. The first kappa shape index (κ1) is 18.7. The van der Waals surface area contributed by atoms with Crippen molar-refractivity contribution >= 4 is 16.3 Å². The van der Waals surface area contributed by atoms with Gasteiger partial charge in [-0.2, -0.15) is 13.2 Å². The molecule has 0 heterocycles. The van der Waals surface area contributed by atoms with E-state index in [2.05, 4.69) is 25.5 Å². The first-order valence-electron chi connectivity index (χ1n) is 6.58. The Balaban J connectivity index is 2.66. The fourth-order valence-corrected chi connectivity index (χ4v) is 2.08. The van der Waals surface area contributed by atoms with Crippen LogP contribution in [0.2, 0.25) is 0 Å². The predicted octanol–water partition coefficient (Wildman–Crippen LogP) is 4.45. The molecule has 0 aliphatic heterocycles. The fourth-order valence-electron chi connectivity index (χ4n) is 1.24. The number of benzene rings is 1. The Morgan fingerprint density at radius 3 is 2.00 bits per heavy atom. The van der Waals surface area contributed by atoms with Crippen LogP contribution in [0.25, 0.3) is 0 Å². The van der Waals surface area contributed by atoms with Crippen molar-refractivity contribution in [2.24, 2.45) is 0 Å². The lowest BCUT2D eigenvalue weighted by molar-refractivity contribution is -0.201. The van der Waals surface area contributed by atoms with Crippen LogP contribution in [0.3, 0.4) is 0 Å². The molecule has 0 spiro atoms. The Labute approximate surface area is 130 Å². The molecule has 0 amide bonds. The van der Waals surface area contributed by atoms with Crippen LogP contribution >= 0.6 is 10.3 Å². The summed E-state index contributed by atoms with van der Waals surface area (Å²) in [5.41, 5.74) is 0.466. The normalized spacial score (nSPS) is 13.6. The number of esters is 1. The van der Waals surface area contributed by atoms with E-state index in [0.29, 0.717) is 11.3 Å². The molecule has 7 heteroatoms. The minimum Gasteiger partial charge on any atom is -0.454 e. The summed E-state index contributed by atoms with van der Waals surface area (Å²) in [5.74, 6) is -1.55. The van der Waals surface area contributed by atoms with E-state index in [1.165, 1.54) is 0 Å². The van der Waals surface area contributed by atoms with Crippen LogP contribution in [0, 0.1) is 0 Å². The molecule has 0 aromatic heterocycles. The zero-order valence-electron chi connectivity index (χ0n) is 13.3. The summed E-state index contributed by atoms with van der Waals surface area (Å²) in [6.07, 6.45) is -0.874. The number of carbonyl (C=O) groups excluding carboxylic acids is 1. The Morgan fingerprint density at radius 2 is 1.59 bits per heavy atom. The molecule has 1 aromatic carbocycles. The van der Waals surface area contributed by atoms with Gasteiger partial charge in [-0.3, -0.25) is 0 Å². The van der Waals surface area contributed by atoms with E-state index >= 15 is 0 Å². The SMILES string of the molecule is CC(C)(C)S(C)(C)Oc1ccc(COC(=O)C(F)(F)F)cc1. The van der Waals surface area contributed by atoms with E-state index in [9.17, 15) is 18.0 Å². The Hall–Kier alpha value is -1.37. The molecule has 0 saturated carbocycles. The lowest BCUT2D eigenvalue weighted by atomic mass is 10.2. The second kappa shape index (κ2) is 6.40. The number of ether oxygens (including phenoxy) is 1. The minimum absolute atomic E-state index is 0.00604. The van der Waals surface area contributed by atoms with Crippen LogP contribution in [-0.2, 0) is 16.1 Å². The maximum absolute atomic E-state index is 12.0. The van der Waals surface area contributed by atoms with Gasteiger partial charge in [-0.05, 0) is 51.0 Å². The highest BCUT2D eigenvalue weighted by molar-refractivity contribution is 8.30. The topological polar surface area (TPSA) is 35.5 Å². The first-order chi connectivity index (χ1) is 9.83. The van der Waals surface area contributed by atoms with Crippen LogP contribution in [0.5, 0.6) is 5.75 Å². The van der Waals surface area contributed by atoms with Crippen LogP contribution in [-0.4, -0.2) is 29.4 Å². The smallest absolute Gasteiger partial charge is 0.454 e. The van der Waals surface area contributed by atoms with Gasteiger partial charge in [-0.15, -0.1) is 0 Å². The van der Waals surface area contributed by atoms with Gasteiger partial charge in [0.2, 0.25) is 0 Å². The number of rotatable bonds is 4. The molecular weight excluding hydrogens is 317 g/mol. The van der Waals surface area contributed by atoms with Gasteiger partial charge in [0.15, 0.2) is 0 Å². The number of alkyl halides is 3. The van der Waals surface area contributed by atoms with Gasteiger partial charge in [0.1, 0.15) is 12.4 Å². The molecule has 0 unspecified atom stereocenters. The van der Waals surface area contributed by atoms with Crippen LogP contribution < -0.4 is 4.18 Å². The first-order valence-corrected chi connectivity index (χ1v) is 8.95. The molecule has 0 bridgehead atoms. The highest BCUT2D eigenvalue weighted by Crippen LogP contribution is 2.53. The monoisotopic (exact) mass is 338 g/mol. The van der Waals surface area contributed by atoms with E-state index in [-0.39, 0.29) is 4.75 Å². The van der Waals surface area contributed by atoms with Crippen molar-refractivity contribution in [3.05, 3.63) is 29.8 Å². The molecule has 0 saturated heterocycles. The van der Waals surface area contributed by atoms with Crippen LogP contribution in [0.4, 0.5) is 13.2 Å². The van der Waals surface area contributed by atoms with E-state index in [1.807, 2.05) is 12.5 Å². The number of halogens is 3. The molecule has 1 aromatic rings. The van der Waals surface area contributed by atoms with Crippen molar-refractivity contribution in [3.63, 3.8) is 0 Å². The molecule has 3 nitrogen and oxygen atoms in total. The van der Waals surface area contributed by atoms with Crippen LogP contribution in [0.15, 0.2) is 24.3 Å². The van der Waals surface area contributed by atoms with Crippen molar-refractivity contribution in [1.82, 2.24) is 0 Å². The summed E-state index contributed by atoms with van der Waals surface area (Å²) in [6.45, 7) is 5.85. The second-order valence-corrected chi connectivity index (χ2v) is 10.0. The van der Waals surface area contributed by atoms with Crippen LogP contribution in [0.1, 0.15) is 26.3 Å². The molecule has 0 radical (unpaired) electrons. The zero-order valence-corrected chi connectivity index (χ0v) is 14.1. The summed E-state index contributed by atoms with van der Waals surface area (Å²) in [5, 5.41) is 0. The third kappa shape index (κ3) is 5.12. The van der Waals surface area contributed by atoms with E-state index in [4.69, 9.17) is 4.18 Å². The van der Waals surface area contributed by atoms with Gasteiger partial charge >= 0.3 is 12.1 Å². The second-order valence-electron chi connectivity index (χ2n) is 6.15. The molecule has 126 valence electrons. The van der Waals surface area contributed by atoms with Gasteiger partial charge in [0.25, 0.3) is 0 Å². The molecule has 0 aliphatic carbocycles. The molecule has 0 N–H and O–H groups in total. The van der Waals surface area contributed by atoms with Crippen molar-refractivity contribution in [3.8, 4) is 5.75 Å². The fraction of sp³-hybridized carbons (Fsp3) is 0.533. The third-order valence-corrected chi connectivity index (χ3v) is 6.86. The van der Waals surface area contributed by atoms with Crippen molar-refractivity contribution in [2.75, 3.05) is 12.5 Å². The van der Waals surface area contributed by atoms with E-state index in [1.54, 1.807) is 24.3 Å². The Bertz CT molecular complexity index is 516. The van der Waals surface area contributed by atoms with E-state index < -0.39 is 29.1 Å². The maximum atomic E-state index is 12.0. The van der Waals surface area contributed by atoms with Gasteiger partial charge in [0.05, 0.1) is 0 Å². The standard InChI is InChI=1S/C15H21F3O3S/c1-14(2,3)22(4,5)21-12-8-6-11(7-9-12)10-20-13(19)15(16,17)18/h6-9H,10H2,1-5H3. The van der Waals surface area contributed by atoms with E-state index in [0.717, 1.165) is 0 Å². The predicted molar refractivity (Wildman–Crippen MR) is 82.1 cm³/mol. The average Bonchev–Trinajstić information content (AvgIpc) is 2.34. The lowest BCUT2D eigenvalue weighted by Gasteiger charge is -2.43. The maximum Gasteiger partial charge on any atom is 0.490 e. The Kier molecular flexibility index (Phi) is 5.43. The molecule has 0 fully saturated rings. The third-order valence-electron chi connectivity index (χ3n) is 3.30. The lowest BCUT2D eigenvalue weighted by Crippen LogP contribution is -2.27. The van der Waals surface area contributed by atoms with Gasteiger partial charge in [-0.25, -0.2) is 4.79 Å². The molecule has 1 rings (SSSR count). The minimum atomic E-state index is -4.97. The average molecular weight is 338 g/mol. The van der Waals surface area contributed by atoms with Crippen molar-refractivity contribution in [2.45, 2.75) is 38.3 Å². The molecule has 22 heavy (non-hydrogen) atoms. The summed E-state index contributed by atoms with van der Waals surface area (Å²) in [6, 6.07) is 6.49. The quantitative estimate of drug-likeness (QED) is 0.761. The van der Waals surface area contributed by atoms with Crippen molar-refractivity contribution < 1.29 is 26.9 Å². The highest BCUT2D eigenvalue weighted by Gasteiger charge is 2.40. The summed E-state index contributed by atoms with van der Waals surface area (Å²) in [7, 11) is -1.34. The zero-order chi connectivity index (χ0) is 17.2. The van der Waals surface area contributed by atoms with Gasteiger partial charge in [0, 0.05) is 4.75 Å². The Morgan fingerprint density at radius 1 is 1.09 bits per heavy atom. The highest BCUT2D eigenvalue weighted by atomic mass is 32.3. The summed E-state index contributed by atoms with van der Waals surface area (Å²) in [4.78, 5) is 10.6. The van der Waals surface area contributed by atoms with Gasteiger partial charge < -0.3 is 8.92 Å². The number of carbonyl (C=O) groups is 1.